The van der Waals surface area contributed by atoms with E-state index in [1.54, 1.807) is 0 Å². The van der Waals surface area contributed by atoms with Crippen molar-refractivity contribution in [2.24, 2.45) is 11.8 Å². The van der Waals surface area contributed by atoms with Gasteiger partial charge in [-0.25, -0.2) is 9.69 Å². The van der Waals surface area contributed by atoms with E-state index in [1.165, 1.54) is 11.3 Å². The maximum absolute atomic E-state index is 13.5. The van der Waals surface area contributed by atoms with Crippen LogP contribution < -0.4 is 0 Å². The van der Waals surface area contributed by atoms with Crippen molar-refractivity contribution < 1.29 is 19.1 Å². The van der Waals surface area contributed by atoms with Gasteiger partial charge in [-0.1, -0.05) is 63.4 Å². The van der Waals surface area contributed by atoms with Gasteiger partial charge in [-0.15, -0.1) is 0 Å². The Kier molecular flexibility index (Phi) is 7.51. The second-order valence-electron chi connectivity index (χ2n) is 8.98. The van der Waals surface area contributed by atoms with Gasteiger partial charge in [0.05, 0.1) is 12.0 Å². The van der Waals surface area contributed by atoms with Crippen LogP contribution in [0.4, 0.5) is 4.79 Å². The fourth-order valence-electron chi connectivity index (χ4n) is 4.55. The molecular weight excluding hydrogens is 380 g/mol. The standard InChI is InChI=1S/C24H34N2O4/c1-17(2)21-16-30-24(29)26(21)23(28)19(14-18-10-6-4-7-11-18)15-22(27)25(3)20-12-8-5-9-13-20/h4,6-7,10-11,17,19-21H,5,8-9,12-16H2,1-3H3/t19-,21?/m1/s1. The molecule has 2 atom stereocenters. The summed E-state index contributed by atoms with van der Waals surface area (Å²) in [5.41, 5.74) is 0.984. The summed E-state index contributed by atoms with van der Waals surface area (Å²) in [7, 11) is 1.85. The van der Waals surface area contributed by atoms with Gasteiger partial charge in [-0.3, -0.25) is 9.59 Å². The fraction of sp³-hybridized carbons (Fsp3) is 0.625. The highest BCUT2D eigenvalue weighted by Crippen LogP contribution is 2.27. The molecule has 1 saturated heterocycles. The van der Waals surface area contributed by atoms with Crippen LogP contribution in [-0.2, 0) is 20.7 Å². The molecule has 0 radical (unpaired) electrons. The highest BCUT2D eigenvalue weighted by atomic mass is 16.6. The minimum absolute atomic E-state index is 0.0233. The zero-order valence-corrected chi connectivity index (χ0v) is 18.4. The molecule has 0 N–H and O–H groups in total. The predicted molar refractivity (Wildman–Crippen MR) is 115 cm³/mol. The Morgan fingerprint density at radius 1 is 1.13 bits per heavy atom. The summed E-state index contributed by atoms with van der Waals surface area (Å²) < 4.78 is 5.18. The van der Waals surface area contributed by atoms with E-state index in [1.807, 2.05) is 56.1 Å². The number of hydrogen-bond donors (Lipinski definition) is 0. The second kappa shape index (κ2) is 10.1. The van der Waals surface area contributed by atoms with Gasteiger partial charge in [0.25, 0.3) is 0 Å². The Hall–Kier alpha value is -2.37. The first kappa shape index (κ1) is 22.3. The molecular formula is C24H34N2O4. The molecule has 1 aromatic carbocycles. The molecule has 0 aromatic heterocycles. The summed E-state index contributed by atoms with van der Waals surface area (Å²) in [5, 5.41) is 0. The van der Waals surface area contributed by atoms with Gasteiger partial charge in [0.2, 0.25) is 11.8 Å². The van der Waals surface area contributed by atoms with Gasteiger partial charge < -0.3 is 9.64 Å². The molecule has 6 heteroatoms. The van der Waals surface area contributed by atoms with Crippen molar-refractivity contribution in [3.63, 3.8) is 0 Å². The van der Waals surface area contributed by atoms with Crippen LogP contribution >= 0.6 is 0 Å². The molecule has 3 amide bonds. The fourth-order valence-corrected chi connectivity index (χ4v) is 4.55. The van der Waals surface area contributed by atoms with Crippen LogP contribution in [0.1, 0.15) is 57.9 Å². The maximum Gasteiger partial charge on any atom is 0.416 e. The summed E-state index contributed by atoms with van der Waals surface area (Å²) in [4.78, 5) is 42.0. The number of cyclic esters (lactones) is 1. The number of amides is 3. The van der Waals surface area contributed by atoms with E-state index in [9.17, 15) is 14.4 Å². The second-order valence-corrected chi connectivity index (χ2v) is 8.98. The molecule has 2 fully saturated rings. The first-order valence-electron chi connectivity index (χ1n) is 11.2. The largest absolute Gasteiger partial charge is 0.447 e. The molecule has 6 nitrogen and oxygen atoms in total. The van der Waals surface area contributed by atoms with E-state index in [-0.39, 0.29) is 42.8 Å². The zero-order valence-electron chi connectivity index (χ0n) is 18.4. The molecule has 2 aliphatic rings. The van der Waals surface area contributed by atoms with Crippen molar-refractivity contribution in [1.29, 1.82) is 0 Å². The average molecular weight is 415 g/mol. The van der Waals surface area contributed by atoms with E-state index >= 15 is 0 Å². The van der Waals surface area contributed by atoms with E-state index in [2.05, 4.69) is 0 Å². The zero-order chi connectivity index (χ0) is 21.7. The highest BCUT2D eigenvalue weighted by Gasteiger charge is 2.42. The van der Waals surface area contributed by atoms with Crippen molar-refractivity contribution in [2.45, 2.75) is 70.9 Å². The smallest absolute Gasteiger partial charge is 0.416 e. The van der Waals surface area contributed by atoms with Gasteiger partial charge in [-0.05, 0) is 30.7 Å². The number of rotatable bonds is 7. The molecule has 3 rings (SSSR count). The predicted octanol–water partition coefficient (Wildman–Crippen LogP) is 4.03. The summed E-state index contributed by atoms with van der Waals surface area (Å²) in [5.74, 6) is -0.813. The lowest BCUT2D eigenvalue weighted by molar-refractivity contribution is -0.141. The van der Waals surface area contributed by atoms with E-state index < -0.39 is 12.0 Å². The Bertz CT molecular complexity index is 743. The van der Waals surface area contributed by atoms with Crippen LogP contribution in [0.3, 0.4) is 0 Å². The van der Waals surface area contributed by atoms with Gasteiger partial charge >= 0.3 is 6.09 Å². The van der Waals surface area contributed by atoms with Crippen LogP contribution in [-0.4, -0.2) is 53.4 Å². The molecule has 0 bridgehead atoms. The Labute approximate surface area is 179 Å². The van der Waals surface area contributed by atoms with Gasteiger partial charge in [0.1, 0.15) is 6.61 Å². The molecule has 30 heavy (non-hydrogen) atoms. The lowest BCUT2D eigenvalue weighted by atomic mass is 9.91. The first-order valence-corrected chi connectivity index (χ1v) is 11.2. The molecule has 164 valence electrons. The maximum atomic E-state index is 13.5. The van der Waals surface area contributed by atoms with Crippen molar-refractivity contribution in [2.75, 3.05) is 13.7 Å². The van der Waals surface area contributed by atoms with Gasteiger partial charge in [0.15, 0.2) is 0 Å². The van der Waals surface area contributed by atoms with Crippen LogP contribution in [0.15, 0.2) is 30.3 Å². The van der Waals surface area contributed by atoms with E-state index in [0.717, 1.165) is 31.2 Å². The Morgan fingerprint density at radius 3 is 2.43 bits per heavy atom. The van der Waals surface area contributed by atoms with Crippen molar-refractivity contribution in [3.8, 4) is 0 Å². The summed E-state index contributed by atoms with van der Waals surface area (Å²) >= 11 is 0. The third-order valence-electron chi connectivity index (χ3n) is 6.52. The number of carbonyl (C=O) groups excluding carboxylic acids is 3. The SMILES string of the molecule is CC(C)C1COC(=O)N1C(=O)[C@@H](CC(=O)N(C)C1CCCCC1)Cc1ccccc1. The van der Waals surface area contributed by atoms with Crippen molar-refractivity contribution in [1.82, 2.24) is 9.80 Å². The molecule has 1 unspecified atom stereocenters. The summed E-state index contributed by atoms with van der Waals surface area (Å²) in [6.07, 6.45) is 5.50. The molecule has 1 aliphatic carbocycles. The minimum Gasteiger partial charge on any atom is -0.447 e. The molecule has 1 heterocycles. The van der Waals surface area contributed by atoms with Crippen LogP contribution in [0, 0.1) is 11.8 Å². The van der Waals surface area contributed by atoms with Crippen LogP contribution in [0.25, 0.3) is 0 Å². The van der Waals surface area contributed by atoms with Crippen molar-refractivity contribution >= 4 is 17.9 Å². The number of nitrogens with zero attached hydrogens (tertiary/aromatic N) is 2. The number of benzene rings is 1. The topological polar surface area (TPSA) is 66.9 Å². The number of hydrogen-bond acceptors (Lipinski definition) is 4. The first-order chi connectivity index (χ1) is 14.4. The summed E-state index contributed by atoms with van der Waals surface area (Å²) in [6.45, 7) is 4.17. The lowest BCUT2D eigenvalue weighted by Gasteiger charge is -2.33. The average Bonchev–Trinajstić information content (AvgIpc) is 3.15. The number of imide groups is 1. The Balaban J connectivity index is 1.78. The van der Waals surface area contributed by atoms with Crippen LogP contribution in [0.5, 0.6) is 0 Å². The third-order valence-corrected chi connectivity index (χ3v) is 6.52. The Morgan fingerprint density at radius 2 is 1.80 bits per heavy atom. The molecule has 1 aliphatic heterocycles. The lowest BCUT2D eigenvalue weighted by Crippen LogP contribution is -2.47. The quantitative estimate of drug-likeness (QED) is 0.676. The molecule has 0 spiro atoms. The minimum atomic E-state index is -0.593. The molecule has 1 aromatic rings. The molecule has 1 saturated carbocycles. The highest BCUT2D eigenvalue weighted by molar-refractivity contribution is 5.96. The number of ether oxygens (including phenoxy) is 1. The van der Waals surface area contributed by atoms with E-state index in [0.29, 0.717) is 6.42 Å². The van der Waals surface area contributed by atoms with Gasteiger partial charge in [0, 0.05) is 19.5 Å². The summed E-state index contributed by atoms with van der Waals surface area (Å²) in [6, 6.07) is 9.65. The van der Waals surface area contributed by atoms with E-state index in [4.69, 9.17) is 4.74 Å². The van der Waals surface area contributed by atoms with Gasteiger partial charge in [-0.2, -0.15) is 0 Å². The normalized spacial score (nSPS) is 20.9. The monoisotopic (exact) mass is 414 g/mol. The number of carbonyl (C=O) groups is 3. The van der Waals surface area contributed by atoms with Crippen molar-refractivity contribution in [3.05, 3.63) is 35.9 Å². The van der Waals surface area contributed by atoms with Crippen LogP contribution in [0.2, 0.25) is 0 Å². The third kappa shape index (κ3) is 5.21.